The summed E-state index contributed by atoms with van der Waals surface area (Å²) >= 11 is 0. The lowest BCUT2D eigenvalue weighted by molar-refractivity contribution is -0.261. The SMILES string of the molecule is CCC(=O)O[C@H]1[C@H](OC(=O)CC)[C@@H](OC(=O)CC)[C@H](OC(=O)CC)[C@@H](OC(=O)CC)[C@H]1OC(=O)CC. The summed E-state index contributed by atoms with van der Waals surface area (Å²) in [5, 5.41) is 0. The van der Waals surface area contributed by atoms with Gasteiger partial charge in [0, 0.05) is 38.5 Å². The summed E-state index contributed by atoms with van der Waals surface area (Å²) in [6.07, 6.45) is -9.77. The van der Waals surface area contributed by atoms with Crippen molar-refractivity contribution in [3.8, 4) is 0 Å². The van der Waals surface area contributed by atoms with Crippen LogP contribution in [0.25, 0.3) is 0 Å². The summed E-state index contributed by atoms with van der Waals surface area (Å²) in [7, 11) is 0. The molecule has 1 aliphatic rings. The van der Waals surface area contributed by atoms with Crippen LogP contribution < -0.4 is 0 Å². The van der Waals surface area contributed by atoms with Gasteiger partial charge >= 0.3 is 35.8 Å². The molecule has 1 aliphatic carbocycles. The van der Waals surface area contributed by atoms with E-state index in [1.165, 1.54) is 41.5 Å². The third-order valence-electron chi connectivity index (χ3n) is 5.28. The van der Waals surface area contributed by atoms with E-state index < -0.39 is 72.4 Å². The summed E-state index contributed by atoms with van der Waals surface area (Å²) in [5.41, 5.74) is 0. The molecule has 0 aromatic heterocycles. The molecule has 0 amide bonds. The lowest BCUT2D eigenvalue weighted by Gasteiger charge is -2.47. The van der Waals surface area contributed by atoms with E-state index >= 15 is 0 Å². The first-order chi connectivity index (χ1) is 17.1. The number of esters is 6. The maximum Gasteiger partial charge on any atom is 0.306 e. The van der Waals surface area contributed by atoms with Crippen molar-refractivity contribution in [1.29, 1.82) is 0 Å². The van der Waals surface area contributed by atoms with E-state index in [0.717, 1.165) is 0 Å². The highest BCUT2D eigenvalue weighted by atomic mass is 16.7. The molecule has 36 heavy (non-hydrogen) atoms. The molecule has 1 fully saturated rings. The van der Waals surface area contributed by atoms with Crippen LogP contribution in [0.1, 0.15) is 80.1 Å². The molecule has 0 atom stereocenters. The first-order valence-corrected chi connectivity index (χ1v) is 12.2. The molecule has 0 aromatic rings. The zero-order valence-corrected chi connectivity index (χ0v) is 21.6. The average molecular weight is 517 g/mol. The lowest BCUT2D eigenvalue weighted by Crippen LogP contribution is -2.69. The van der Waals surface area contributed by atoms with Crippen molar-refractivity contribution in [2.24, 2.45) is 0 Å². The van der Waals surface area contributed by atoms with E-state index in [-0.39, 0.29) is 38.5 Å². The van der Waals surface area contributed by atoms with Gasteiger partial charge in [-0.1, -0.05) is 41.5 Å². The quantitative estimate of drug-likeness (QED) is 0.274. The lowest BCUT2D eigenvalue weighted by atomic mass is 9.83. The Balaban J connectivity index is 3.82. The van der Waals surface area contributed by atoms with Crippen LogP contribution >= 0.6 is 0 Å². The van der Waals surface area contributed by atoms with Crippen LogP contribution in [-0.2, 0) is 57.2 Å². The van der Waals surface area contributed by atoms with Gasteiger partial charge in [-0.3, -0.25) is 28.8 Å². The molecule has 0 bridgehead atoms. The molecule has 12 heteroatoms. The Morgan fingerprint density at radius 2 is 0.444 bits per heavy atom. The van der Waals surface area contributed by atoms with E-state index in [1.54, 1.807) is 0 Å². The molecule has 0 aromatic carbocycles. The van der Waals surface area contributed by atoms with E-state index in [9.17, 15) is 28.8 Å². The van der Waals surface area contributed by atoms with E-state index in [2.05, 4.69) is 0 Å². The molecular formula is C24H36O12. The minimum Gasteiger partial charge on any atom is -0.454 e. The second-order valence-corrected chi connectivity index (χ2v) is 7.85. The Hall–Kier alpha value is -3.18. The average Bonchev–Trinajstić information content (AvgIpc) is 2.88. The predicted molar refractivity (Wildman–Crippen MR) is 121 cm³/mol. The Morgan fingerprint density at radius 1 is 0.333 bits per heavy atom. The first-order valence-electron chi connectivity index (χ1n) is 12.2. The maximum absolute atomic E-state index is 12.4. The number of carbonyl (C=O) groups excluding carboxylic acids is 6. The van der Waals surface area contributed by atoms with Gasteiger partial charge in [0.15, 0.2) is 36.6 Å². The molecule has 0 unspecified atom stereocenters. The van der Waals surface area contributed by atoms with Gasteiger partial charge in [0.1, 0.15) is 0 Å². The van der Waals surface area contributed by atoms with E-state index in [1.807, 2.05) is 0 Å². The summed E-state index contributed by atoms with van der Waals surface area (Å²) in [4.78, 5) is 74.1. The molecule has 0 N–H and O–H groups in total. The molecule has 1 rings (SSSR count). The Bertz CT molecular complexity index is 624. The number of hydrogen-bond acceptors (Lipinski definition) is 12. The van der Waals surface area contributed by atoms with Crippen LogP contribution in [0, 0.1) is 0 Å². The zero-order valence-electron chi connectivity index (χ0n) is 21.6. The van der Waals surface area contributed by atoms with Gasteiger partial charge in [0.2, 0.25) is 0 Å². The zero-order chi connectivity index (χ0) is 27.4. The smallest absolute Gasteiger partial charge is 0.306 e. The molecule has 0 aliphatic heterocycles. The van der Waals surface area contributed by atoms with Gasteiger partial charge in [-0.2, -0.15) is 0 Å². The van der Waals surface area contributed by atoms with Crippen LogP contribution in [-0.4, -0.2) is 72.4 Å². The van der Waals surface area contributed by atoms with Crippen LogP contribution in [0.5, 0.6) is 0 Å². The monoisotopic (exact) mass is 516 g/mol. The Kier molecular flexibility index (Phi) is 12.9. The predicted octanol–water partition coefficient (Wildman–Crippen LogP) is 1.93. The van der Waals surface area contributed by atoms with Crippen LogP contribution in [0.3, 0.4) is 0 Å². The molecule has 0 heterocycles. The fourth-order valence-corrected chi connectivity index (χ4v) is 3.34. The van der Waals surface area contributed by atoms with Crippen molar-refractivity contribution in [1.82, 2.24) is 0 Å². The van der Waals surface area contributed by atoms with Crippen molar-refractivity contribution in [2.45, 2.75) is 117 Å². The van der Waals surface area contributed by atoms with Crippen molar-refractivity contribution < 1.29 is 57.2 Å². The van der Waals surface area contributed by atoms with Crippen molar-refractivity contribution in [3.05, 3.63) is 0 Å². The van der Waals surface area contributed by atoms with E-state index in [4.69, 9.17) is 28.4 Å². The normalized spacial score (nSPS) is 25.2. The molecule has 0 saturated heterocycles. The molecular weight excluding hydrogens is 480 g/mol. The topological polar surface area (TPSA) is 158 Å². The highest BCUT2D eigenvalue weighted by molar-refractivity contribution is 5.73. The molecule has 0 spiro atoms. The standard InChI is InChI=1S/C24H36O12/c1-7-13(25)31-19-20(32-14(26)8-2)22(34-16(28)10-4)24(36-18(30)12-6)23(35-17(29)11-5)21(19)33-15(27)9-3/h19-24H,7-12H2,1-6H3/t19-,20-,21-,22+,23-,24-. The number of carbonyl (C=O) groups is 6. The molecule has 204 valence electrons. The van der Waals surface area contributed by atoms with Crippen molar-refractivity contribution >= 4 is 35.8 Å². The maximum atomic E-state index is 12.4. The minimum atomic E-state index is -1.54. The fraction of sp³-hybridized carbons (Fsp3) is 0.750. The minimum absolute atomic E-state index is 0.0908. The molecule has 0 radical (unpaired) electrons. The van der Waals surface area contributed by atoms with Gasteiger partial charge < -0.3 is 28.4 Å². The second-order valence-electron chi connectivity index (χ2n) is 7.85. The van der Waals surface area contributed by atoms with Gasteiger partial charge in [0.05, 0.1) is 0 Å². The summed E-state index contributed by atoms with van der Waals surface area (Å²) in [6.45, 7) is 9.09. The van der Waals surface area contributed by atoms with Gasteiger partial charge in [0.25, 0.3) is 0 Å². The van der Waals surface area contributed by atoms with Crippen LogP contribution in [0.15, 0.2) is 0 Å². The Labute approximate surface area is 210 Å². The first kappa shape index (κ1) is 30.9. The van der Waals surface area contributed by atoms with Gasteiger partial charge in [-0.25, -0.2) is 0 Å². The van der Waals surface area contributed by atoms with Crippen LogP contribution in [0.4, 0.5) is 0 Å². The van der Waals surface area contributed by atoms with Gasteiger partial charge in [-0.05, 0) is 0 Å². The fourth-order valence-electron chi connectivity index (χ4n) is 3.34. The highest BCUT2D eigenvalue weighted by Gasteiger charge is 2.61. The molecule has 12 nitrogen and oxygen atoms in total. The van der Waals surface area contributed by atoms with Crippen molar-refractivity contribution in [3.63, 3.8) is 0 Å². The number of rotatable bonds is 12. The number of ether oxygens (including phenoxy) is 6. The largest absolute Gasteiger partial charge is 0.454 e. The highest BCUT2D eigenvalue weighted by Crippen LogP contribution is 2.35. The third kappa shape index (κ3) is 8.49. The summed E-state index contributed by atoms with van der Waals surface area (Å²) < 4.78 is 33.1. The Morgan fingerprint density at radius 3 is 0.528 bits per heavy atom. The molecule has 1 saturated carbocycles. The third-order valence-corrected chi connectivity index (χ3v) is 5.28. The number of hydrogen-bond donors (Lipinski definition) is 0. The summed E-state index contributed by atoms with van der Waals surface area (Å²) in [5.74, 6) is -4.50. The second kappa shape index (κ2) is 15.0. The van der Waals surface area contributed by atoms with Gasteiger partial charge in [-0.15, -0.1) is 0 Å². The summed E-state index contributed by atoms with van der Waals surface area (Å²) in [6, 6.07) is 0. The van der Waals surface area contributed by atoms with Crippen LogP contribution in [0.2, 0.25) is 0 Å². The van der Waals surface area contributed by atoms with E-state index in [0.29, 0.717) is 0 Å². The van der Waals surface area contributed by atoms with Crippen molar-refractivity contribution in [2.75, 3.05) is 0 Å².